The van der Waals surface area contributed by atoms with Crippen LogP contribution in [0, 0.1) is 11.3 Å². The van der Waals surface area contributed by atoms with Crippen LogP contribution in [-0.2, 0) is 0 Å². The first kappa shape index (κ1) is 12.3. The fraction of sp³-hybridized carbons (Fsp3) is 0.533. The van der Waals surface area contributed by atoms with E-state index in [1.807, 2.05) is 12.2 Å². The predicted molar refractivity (Wildman–Crippen MR) is 72.0 cm³/mol. The zero-order valence-corrected chi connectivity index (χ0v) is 11.1. The molecule has 92 valence electrons. The molecule has 0 amide bonds. The molecule has 0 bridgehead atoms. The molecule has 17 heavy (non-hydrogen) atoms. The Labute approximate surface area is 103 Å². The largest absolute Gasteiger partial charge is 0.368 e. The number of dihydropyridines is 1. The number of aliphatic hydroxyl groups excluding tert-OH is 1. The first-order valence-corrected chi connectivity index (χ1v) is 6.29. The van der Waals surface area contributed by atoms with Crippen molar-refractivity contribution in [1.82, 2.24) is 0 Å². The Bertz CT molecular complexity index is 432. The van der Waals surface area contributed by atoms with E-state index < -0.39 is 6.23 Å². The van der Waals surface area contributed by atoms with Crippen molar-refractivity contribution in [2.75, 3.05) is 0 Å². The number of aliphatic hydroxyl groups is 1. The second-order valence-corrected chi connectivity index (χ2v) is 5.69. The van der Waals surface area contributed by atoms with Crippen LogP contribution in [-0.4, -0.2) is 17.0 Å². The van der Waals surface area contributed by atoms with Crippen molar-refractivity contribution in [2.24, 2.45) is 16.3 Å². The first-order valence-electron chi connectivity index (χ1n) is 6.29. The molecule has 2 aliphatic rings. The lowest BCUT2D eigenvalue weighted by molar-refractivity contribution is 0.188. The molecule has 0 fully saturated rings. The highest BCUT2D eigenvalue weighted by Crippen LogP contribution is 2.40. The number of hydrogen-bond donors (Lipinski definition) is 1. The molecular formula is C15H21NO. The van der Waals surface area contributed by atoms with Gasteiger partial charge in [-0.2, -0.15) is 0 Å². The van der Waals surface area contributed by atoms with Gasteiger partial charge in [0.05, 0.1) is 0 Å². The number of nitrogens with zero attached hydrogens (tertiary/aromatic N) is 1. The van der Waals surface area contributed by atoms with Gasteiger partial charge in [-0.3, -0.25) is 4.99 Å². The summed E-state index contributed by atoms with van der Waals surface area (Å²) in [7, 11) is 0. The minimum absolute atomic E-state index is 0.0329. The van der Waals surface area contributed by atoms with Crippen LogP contribution in [0.1, 0.15) is 34.1 Å². The van der Waals surface area contributed by atoms with Gasteiger partial charge in [0.25, 0.3) is 0 Å². The predicted octanol–water partition coefficient (Wildman–Crippen LogP) is 3.25. The van der Waals surface area contributed by atoms with Gasteiger partial charge in [0, 0.05) is 11.6 Å². The third-order valence-electron chi connectivity index (χ3n) is 3.44. The SMILES string of the molecule is CCC1=C(C(C)(C)C)C(O)N=C2C=CC=CC21. The highest BCUT2D eigenvalue weighted by atomic mass is 16.3. The summed E-state index contributed by atoms with van der Waals surface area (Å²) in [5.41, 5.74) is 3.38. The summed E-state index contributed by atoms with van der Waals surface area (Å²) in [6.07, 6.45) is 8.52. The molecule has 2 nitrogen and oxygen atoms in total. The summed E-state index contributed by atoms with van der Waals surface area (Å²) in [5.74, 6) is 0.266. The van der Waals surface area contributed by atoms with E-state index >= 15 is 0 Å². The van der Waals surface area contributed by atoms with Gasteiger partial charge < -0.3 is 5.11 Å². The van der Waals surface area contributed by atoms with Crippen LogP contribution in [0.5, 0.6) is 0 Å². The molecule has 1 aliphatic carbocycles. The summed E-state index contributed by atoms with van der Waals surface area (Å²) in [5, 5.41) is 10.2. The summed E-state index contributed by atoms with van der Waals surface area (Å²) in [4.78, 5) is 4.43. The van der Waals surface area contributed by atoms with Crippen molar-refractivity contribution in [3.63, 3.8) is 0 Å². The van der Waals surface area contributed by atoms with Gasteiger partial charge in [0.15, 0.2) is 6.23 Å². The van der Waals surface area contributed by atoms with Gasteiger partial charge in [0.2, 0.25) is 0 Å². The second-order valence-electron chi connectivity index (χ2n) is 5.69. The molecule has 0 aromatic heterocycles. The molecule has 0 saturated carbocycles. The van der Waals surface area contributed by atoms with Crippen LogP contribution in [0.4, 0.5) is 0 Å². The normalized spacial score (nSPS) is 28.2. The van der Waals surface area contributed by atoms with Crippen molar-refractivity contribution in [3.8, 4) is 0 Å². The summed E-state index contributed by atoms with van der Waals surface area (Å²) in [6, 6.07) is 0. The first-order chi connectivity index (χ1) is 7.95. The van der Waals surface area contributed by atoms with E-state index in [-0.39, 0.29) is 11.3 Å². The average molecular weight is 231 g/mol. The third-order valence-corrected chi connectivity index (χ3v) is 3.44. The zero-order valence-electron chi connectivity index (χ0n) is 11.1. The van der Waals surface area contributed by atoms with Crippen molar-refractivity contribution in [1.29, 1.82) is 0 Å². The maximum Gasteiger partial charge on any atom is 0.168 e. The molecular weight excluding hydrogens is 210 g/mol. The molecule has 0 aromatic rings. The van der Waals surface area contributed by atoms with E-state index in [9.17, 15) is 5.11 Å². The summed E-state index contributed by atoms with van der Waals surface area (Å²) in [6.45, 7) is 8.58. The molecule has 0 spiro atoms. The van der Waals surface area contributed by atoms with E-state index in [4.69, 9.17) is 0 Å². The lowest BCUT2D eigenvalue weighted by Gasteiger charge is -2.36. The van der Waals surface area contributed by atoms with E-state index in [1.165, 1.54) is 5.57 Å². The molecule has 0 aromatic carbocycles. The fourth-order valence-corrected chi connectivity index (χ4v) is 2.77. The van der Waals surface area contributed by atoms with Crippen molar-refractivity contribution >= 4 is 5.71 Å². The highest BCUT2D eigenvalue weighted by molar-refractivity contribution is 6.02. The van der Waals surface area contributed by atoms with Crippen LogP contribution in [0.2, 0.25) is 0 Å². The summed E-state index contributed by atoms with van der Waals surface area (Å²) >= 11 is 0. The molecule has 0 saturated heterocycles. The van der Waals surface area contributed by atoms with Crippen molar-refractivity contribution in [3.05, 3.63) is 35.5 Å². The average Bonchev–Trinajstić information content (AvgIpc) is 2.25. The Kier molecular flexibility index (Phi) is 3.09. The number of hydrogen-bond acceptors (Lipinski definition) is 2. The molecule has 1 aliphatic heterocycles. The third kappa shape index (κ3) is 2.14. The maximum absolute atomic E-state index is 10.2. The van der Waals surface area contributed by atoms with E-state index in [0.29, 0.717) is 0 Å². The van der Waals surface area contributed by atoms with Gasteiger partial charge in [-0.05, 0) is 23.5 Å². The van der Waals surface area contributed by atoms with E-state index in [1.54, 1.807) is 0 Å². The summed E-state index contributed by atoms with van der Waals surface area (Å²) < 4.78 is 0. The Balaban J connectivity index is 2.52. The molecule has 1 heterocycles. The van der Waals surface area contributed by atoms with Gasteiger partial charge >= 0.3 is 0 Å². The van der Waals surface area contributed by atoms with Gasteiger partial charge in [0.1, 0.15) is 0 Å². The molecule has 2 rings (SSSR count). The fourth-order valence-electron chi connectivity index (χ4n) is 2.77. The quantitative estimate of drug-likeness (QED) is 0.690. The van der Waals surface area contributed by atoms with Gasteiger partial charge in [-0.25, -0.2) is 0 Å². The van der Waals surface area contributed by atoms with Crippen molar-refractivity contribution < 1.29 is 5.11 Å². The number of fused-ring (bicyclic) bond motifs is 1. The monoisotopic (exact) mass is 231 g/mol. The maximum atomic E-state index is 10.2. The van der Waals surface area contributed by atoms with Crippen LogP contribution in [0.25, 0.3) is 0 Å². The lowest BCUT2D eigenvalue weighted by Crippen LogP contribution is -2.32. The Morgan fingerprint density at radius 2 is 2.00 bits per heavy atom. The number of rotatable bonds is 1. The zero-order chi connectivity index (χ0) is 12.6. The van der Waals surface area contributed by atoms with Crippen LogP contribution in [0.15, 0.2) is 40.4 Å². The highest BCUT2D eigenvalue weighted by Gasteiger charge is 2.34. The molecule has 2 unspecified atom stereocenters. The van der Waals surface area contributed by atoms with Gasteiger partial charge in [-0.15, -0.1) is 0 Å². The molecule has 1 N–H and O–H groups in total. The minimum Gasteiger partial charge on any atom is -0.368 e. The lowest BCUT2D eigenvalue weighted by atomic mass is 9.74. The van der Waals surface area contributed by atoms with Crippen LogP contribution >= 0.6 is 0 Å². The Morgan fingerprint density at radius 3 is 2.59 bits per heavy atom. The smallest absolute Gasteiger partial charge is 0.168 e. The number of allylic oxidation sites excluding steroid dienone is 5. The second kappa shape index (κ2) is 4.26. The van der Waals surface area contributed by atoms with E-state index in [0.717, 1.165) is 17.7 Å². The van der Waals surface area contributed by atoms with Crippen LogP contribution < -0.4 is 0 Å². The Hall–Kier alpha value is -1.15. The molecule has 2 heteroatoms. The van der Waals surface area contributed by atoms with Crippen LogP contribution in [0.3, 0.4) is 0 Å². The van der Waals surface area contributed by atoms with Crippen molar-refractivity contribution in [2.45, 2.75) is 40.3 Å². The topological polar surface area (TPSA) is 32.6 Å². The standard InChI is InChI=1S/C15H21NO/c1-5-10-11-8-6-7-9-12(11)16-14(17)13(10)15(2,3)4/h6-9,11,14,17H,5H2,1-4H3. The minimum atomic E-state index is -0.674. The van der Waals surface area contributed by atoms with Gasteiger partial charge in [-0.1, -0.05) is 51.5 Å². The molecule has 0 radical (unpaired) electrons. The Morgan fingerprint density at radius 1 is 1.29 bits per heavy atom. The number of aliphatic imine (C=N–C) groups is 1. The van der Waals surface area contributed by atoms with E-state index in [2.05, 4.69) is 44.8 Å². The molecule has 2 atom stereocenters.